The first-order valence-electron chi connectivity index (χ1n) is 4.12. The molecule has 0 spiro atoms. The highest BCUT2D eigenvalue weighted by molar-refractivity contribution is 5.84. The molecule has 8 nitrogen and oxygen atoms in total. The van der Waals surface area contributed by atoms with Crippen LogP contribution in [0.15, 0.2) is 25.8 Å². The second-order valence-electron chi connectivity index (χ2n) is 2.68. The molecule has 0 rings (SSSR count). The summed E-state index contributed by atoms with van der Waals surface area (Å²) in [5.41, 5.74) is 3.62. The van der Waals surface area contributed by atoms with Gasteiger partial charge in [0.2, 0.25) is 0 Å². The lowest BCUT2D eigenvalue weighted by Crippen LogP contribution is -2.21. The molecule has 0 fully saturated rings. The number of nitrogens with zero attached hydrogens (tertiary/aromatic N) is 5. The molecule has 0 saturated heterocycles. The number of hydrogen-bond donors (Lipinski definition) is 3. The van der Waals surface area contributed by atoms with E-state index < -0.39 is 0 Å². The van der Waals surface area contributed by atoms with E-state index in [0.29, 0.717) is 6.54 Å². The van der Waals surface area contributed by atoms with Crippen molar-refractivity contribution in [2.24, 2.45) is 43.4 Å². The van der Waals surface area contributed by atoms with Crippen molar-refractivity contribution in [1.29, 1.82) is 0 Å². The highest BCUT2D eigenvalue weighted by Crippen LogP contribution is 1.97. The van der Waals surface area contributed by atoms with E-state index in [4.69, 9.17) is 11.7 Å². The number of aliphatic imine (C=N–C) groups is 1. The van der Waals surface area contributed by atoms with Crippen molar-refractivity contribution in [3.05, 3.63) is 0 Å². The Morgan fingerprint density at radius 2 is 2.07 bits per heavy atom. The summed E-state index contributed by atoms with van der Waals surface area (Å²) in [6, 6.07) is 0. The quantitative estimate of drug-likeness (QED) is 0.245. The lowest BCUT2D eigenvalue weighted by atomic mass is 10.1. The maximum absolute atomic E-state index is 4.82. The van der Waals surface area contributed by atoms with Crippen LogP contribution < -0.4 is 17.1 Å². The molecular weight excluding hydrogens is 184 g/mol. The van der Waals surface area contributed by atoms with E-state index in [0.717, 1.165) is 5.71 Å². The van der Waals surface area contributed by atoms with Crippen LogP contribution in [0.4, 0.5) is 0 Å². The van der Waals surface area contributed by atoms with Gasteiger partial charge in [-0.05, 0) is 6.92 Å². The molecule has 0 aromatic heterocycles. The summed E-state index contributed by atoms with van der Waals surface area (Å²) in [5, 5.41) is 13.1. The molecule has 1 atom stereocenters. The molecule has 0 amide bonds. The fraction of sp³-hybridized carbons (Fsp3) is 0.833. The summed E-state index contributed by atoms with van der Waals surface area (Å²) in [6.07, 6.45) is 0. The van der Waals surface area contributed by atoms with Crippen molar-refractivity contribution in [3.63, 3.8) is 0 Å². The zero-order chi connectivity index (χ0) is 10.8. The Morgan fingerprint density at radius 1 is 1.36 bits per heavy atom. The molecule has 0 aromatic rings. The third-order valence-electron chi connectivity index (χ3n) is 1.70. The van der Waals surface area contributed by atoms with Crippen LogP contribution in [-0.2, 0) is 0 Å². The predicted octanol–water partition coefficient (Wildman–Crippen LogP) is 0.197. The molecule has 80 valence electrons. The van der Waals surface area contributed by atoms with E-state index in [-0.39, 0.29) is 12.6 Å². The molecule has 0 saturated carbocycles. The Balaban J connectivity index is 3.84. The predicted molar refractivity (Wildman–Crippen MR) is 53.2 cm³/mol. The van der Waals surface area contributed by atoms with Crippen LogP contribution in [0.3, 0.4) is 0 Å². The number of hydrogen-bond acceptors (Lipinski definition) is 5. The van der Waals surface area contributed by atoms with Crippen molar-refractivity contribution >= 4 is 5.71 Å². The molecule has 0 aliphatic heterocycles. The van der Waals surface area contributed by atoms with Crippen LogP contribution >= 0.6 is 0 Å². The zero-order valence-electron chi connectivity index (χ0n) is 8.38. The van der Waals surface area contributed by atoms with Crippen LogP contribution in [0, 0.1) is 5.92 Å². The van der Waals surface area contributed by atoms with E-state index in [1.54, 1.807) is 0 Å². The van der Waals surface area contributed by atoms with Gasteiger partial charge in [0.15, 0.2) is 6.67 Å². The van der Waals surface area contributed by atoms with Gasteiger partial charge in [0.25, 0.3) is 0 Å². The summed E-state index contributed by atoms with van der Waals surface area (Å²) in [7, 11) is 0. The molecule has 5 N–H and O–H groups in total. The van der Waals surface area contributed by atoms with Gasteiger partial charge in [0, 0.05) is 18.2 Å². The van der Waals surface area contributed by atoms with Gasteiger partial charge in [0.1, 0.15) is 0 Å². The van der Waals surface area contributed by atoms with E-state index in [1.165, 1.54) is 0 Å². The fourth-order valence-electron chi connectivity index (χ4n) is 0.702. The first-order valence-corrected chi connectivity index (χ1v) is 4.12. The molecule has 0 heterocycles. The highest BCUT2D eigenvalue weighted by atomic mass is 15.5. The molecule has 0 radical (unpaired) electrons. The summed E-state index contributed by atoms with van der Waals surface area (Å²) in [5.74, 6) is 9.87. The molecule has 1 unspecified atom stereocenters. The number of nitrogens with one attached hydrogen (secondary N) is 1. The van der Waals surface area contributed by atoms with Gasteiger partial charge in [0.05, 0.1) is 0 Å². The third kappa shape index (κ3) is 5.86. The average molecular weight is 200 g/mol. The van der Waals surface area contributed by atoms with Crippen molar-refractivity contribution in [2.75, 3.05) is 13.2 Å². The van der Waals surface area contributed by atoms with Crippen molar-refractivity contribution in [3.8, 4) is 0 Å². The van der Waals surface area contributed by atoms with Crippen molar-refractivity contribution < 1.29 is 0 Å². The highest BCUT2D eigenvalue weighted by Gasteiger charge is 2.03. The topological polar surface area (TPSA) is 126 Å². The SMILES string of the molecule is CC(=NCN=NN)C(C)CN/N=N\N. The third-order valence-corrected chi connectivity index (χ3v) is 1.70. The van der Waals surface area contributed by atoms with Crippen LogP contribution in [0.25, 0.3) is 0 Å². The smallest absolute Gasteiger partial charge is 0.152 e. The van der Waals surface area contributed by atoms with E-state index in [9.17, 15) is 0 Å². The molecule has 8 heteroatoms. The van der Waals surface area contributed by atoms with Gasteiger partial charge in [-0.15, -0.1) is 5.11 Å². The minimum atomic E-state index is 0.230. The minimum Gasteiger partial charge on any atom is -0.305 e. The summed E-state index contributed by atoms with van der Waals surface area (Å²) in [6.45, 7) is 4.77. The van der Waals surface area contributed by atoms with Crippen LogP contribution in [0.5, 0.6) is 0 Å². The molecule has 0 aliphatic rings. The summed E-state index contributed by atoms with van der Waals surface area (Å²) in [4.78, 5) is 4.13. The Kier molecular flexibility index (Phi) is 6.92. The van der Waals surface area contributed by atoms with E-state index in [2.05, 4.69) is 31.2 Å². The largest absolute Gasteiger partial charge is 0.305 e. The monoisotopic (exact) mass is 200 g/mol. The van der Waals surface area contributed by atoms with Gasteiger partial charge in [-0.2, -0.15) is 0 Å². The van der Waals surface area contributed by atoms with Gasteiger partial charge in [-0.25, -0.2) is 0 Å². The zero-order valence-corrected chi connectivity index (χ0v) is 8.38. The van der Waals surface area contributed by atoms with E-state index >= 15 is 0 Å². The van der Waals surface area contributed by atoms with Crippen LogP contribution in [-0.4, -0.2) is 18.9 Å². The normalized spacial score (nSPS) is 15.1. The van der Waals surface area contributed by atoms with E-state index in [1.807, 2.05) is 13.8 Å². The number of rotatable bonds is 6. The molecule has 0 aliphatic carbocycles. The van der Waals surface area contributed by atoms with Gasteiger partial charge in [-0.3, -0.25) is 10.4 Å². The standard InChI is InChI=1S/C6H16N8/c1-5(3-10-14-13-8)6(2)9-4-11-12-7/h5H,3-4H2,1-2H3,(H2,7,11)(H2,8,14)(H,10,13). The first-order chi connectivity index (χ1) is 6.72. The van der Waals surface area contributed by atoms with Crippen LogP contribution in [0.2, 0.25) is 0 Å². The second kappa shape index (κ2) is 7.90. The van der Waals surface area contributed by atoms with Crippen molar-refractivity contribution in [2.45, 2.75) is 13.8 Å². The van der Waals surface area contributed by atoms with Gasteiger partial charge >= 0.3 is 0 Å². The van der Waals surface area contributed by atoms with Crippen molar-refractivity contribution in [1.82, 2.24) is 5.43 Å². The maximum Gasteiger partial charge on any atom is 0.152 e. The fourth-order valence-corrected chi connectivity index (χ4v) is 0.702. The Morgan fingerprint density at radius 3 is 2.64 bits per heavy atom. The molecule has 14 heavy (non-hydrogen) atoms. The second-order valence-corrected chi connectivity index (χ2v) is 2.68. The number of nitrogens with two attached hydrogens (primary N) is 2. The molecule has 0 aromatic carbocycles. The Labute approximate surface area is 82.5 Å². The molecule has 0 bridgehead atoms. The van der Waals surface area contributed by atoms with Gasteiger partial charge in [-0.1, -0.05) is 22.6 Å². The van der Waals surface area contributed by atoms with Crippen LogP contribution in [0.1, 0.15) is 13.8 Å². The Bertz CT molecular complexity index is 220. The maximum atomic E-state index is 4.82. The summed E-state index contributed by atoms with van der Waals surface area (Å²) < 4.78 is 0. The molecular formula is C6H16N8. The lowest BCUT2D eigenvalue weighted by molar-refractivity contribution is 0.605. The first kappa shape index (κ1) is 12.3. The Hall–Kier alpha value is -1.73. The average Bonchev–Trinajstić information content (AvgIpc) is 2.18. The summed E-state index contributed by atoms with van der Waals surface area (Å²) >= 11 is 0. The van der Waals surface area contributed by atoms with Gasteiger partial charge < -0.3 is 11.7 Å². The lowest BCUT2D eigenvalue weighted by Gasteiger charge is -2.08. The minimum absolute atomic E-state index is 0.230.